The van der Waals surface area contributed by atoms with E-state index in [2.05, 4.69) is 20.7 Å². The second-order valence-corrected chi connectivity index (χ2v) is 7.76. The number of nitro groups is 1. The molecule has 0 aromatic heterocycles. The molecule has 1 aromatic carbocycles. The van der Waals surface area contributed by atoms with Crippen molar-refractivity contribution in [1.82, 2.24) is 0 Å². The van der Waals surface area contributed by atoms with Crippen LogP contribution in [0.5, 0.6) is 0 Å². The molecule has 1 aromatic rings. The van der Waals surface area contributed by atoms with Crippen molar-refractivity contribution in [2.45, 2.75) is 24.3 Å². The molecule has 0 heterocycles. The first kappa shape index (κ1) is 17.6. The molecule has 1 atom stereocenters. The fourth-order valence-electron chi connectivity index (χ4n) is 1.63. The zero-order valence-corrected chi connectivity index (χ0v) is 13.8. The highest BCUT2D eigenvalue weighted by Gasteiger charge is 2.27. The lowest BCUT2D eigenvalue weighted by Crippen LogP contribution is -2.23. The number of carbonyl (C=O) groups is 1. The lowest BCUT2D eigenvalue weighted by Gasteiger charge is -2.12. The van der Waals surface area contributed by atoms with Crippen LogP contribution in [-0.2, 0) is 25.1 Å². The summed E-state index contributed by atoms with van der Waals surface area (Å²) < 4.78 is 29.2. The Labute approximate surface area is 130 Å². The van der Waals surface area contributed by atoms with E-state index < -0.39 is 31.7 Å². The van der Waals surface area contributed by atoms with Crippen LogP contribution in [0.3, 0.4) is 0 Å². The Balaban J connectivity index is 3.04. The van der Waals surface area contributed by atoms with Gasteiger partial charge in [0.05, 0.1) is 29.5 Å². The maximum atomic E-state index is 12.2. The fraction of sp³-hybridized carbons (Fsp3) is 0.417. The zero-order chi connectivity index (χ0) is 16.2. The second kappa shape index (κ2) is 6.99. The summed E-state index contributed by atoms with van der Waals surface area (Å²) in [5.74, 6) is -1.15. The van der Waals surface area contributed by atoms with E-state index in [4.69, 9.17) is 0 Å². The van der Waals surface area contributed by atoms with Crippen LogP contribution in [0.2, 0.25) is 0 Å². The number of methoxy groups -OCH3 is 1. The van der Waals surface area contributed by atoms with Gasteiger partial charge in [-0.15, -0.1) is 0 Å². The van der Waals surface area contributed by atoms with Gasteiger partial charge in [-0.2, -0.15) is 0 Å². The van der Waals surface area contributed by atoms with Gasteiger partial charge in [0.2, 0.25) is 0 Å². The lowest BCUT2D eigenvalue weighted by atomic mass is 10.2. The number of hydrogen-bond acceptors (Lipinski definition) is 6. The lowest BCUT2D eigenvalue weighted by molar-refractivity contribution is -0.385. The van der Waals surface area contributed by atoms with Gasteiger partial charge in [-0.25, -0.2) is 8.42 Å². The monoisotopic (exact) mass is 379 g/mol. The van der Waals surface area contributed by atoms with Crippen molar-refractivity contribution in [3.05, 3.63) is 38.3 Å². The summed E-state index contributed by atoms with van der Waals surface area (Å²) in [4.78, 5) is 21.5. The molecular formula is C12H14BrNO6S. The van der Waals surface area contributed by atoms with Crippen molar-refractivity contribution in [1.29, 1.82) is 0 Å². The van der Waals surface area contributed by atoms with Crippen molar-refractivity contribution in [3.8, 4) is 0 Å². The molecule has 0 spiro atoms. The zero-order valence-electron chi connectivity index (χ0n) is 11.4. The van der Waals surface area contributed by atoms with Crippen LogP contribution in [0.1, 0.15) is 18.9 Å². The van der Waals surface area contributed by atoms with Crippen molar-refractivity contribution in [2.75, 3.05) is 7.11 Å². The van der Waals surface area contributed by atoms with E-state index in [-0.39, 0.29) is 17.7 Å². The SMILES string of the molecule is COC(=O)CC(C)S(=O)(=O)Cc1ccc(Br)cc1[N+](=O)[O-]. The highest BCUT2D eigenvalue weighted by molar-refractivity contribution is 9.10. The fourth-order valence-corrected chi connectivity index (χ4v) is 3.33. The van der Waals surface area contributed by atoms with E-state index in [1.54, 1.807) is 0 Å². The number of rotatable bonds is 6. The van der Waals surface area contributed by atoms with Crippen molar-refractivity contribution in [2.24, 2.45) is 0 Å². The molecule has 0 amide bonds. The third-order valence-electron chi connectivity index (χ3n) is 2.90. The summed E-state index contributed by atoms with van der Waals surface area (Å²) in [6.07, 6.45) is -0.289. The highest BCUT2D eigenvalue weighted by Crippen LogP contribution is 2.26. The molecule has 0 saturated carbocycles. The molecule has 1 rings (SSSR count). The maximum absolute atomic E-state index is 12.2. The van der Waals surface area contributed by atoms with Crippen LogP contribution in [0.4, 0.5) is 5.69 Å². The molecule has 0 radical (unpaired) electrons. The number of nitrogens with zero attached hydrogens (tertiary/aromatic N) is 1. The van der Waals surface area contributed by atoms with Gasteiger partial charge in [0.15, 0.2) is 9.84 Å². The van der Waals surface area contributed by atoms with E-state index in [0.717, 1.165) is 0 Å². The third-order valence-corrected chi connectivity index (χ3v) is 5.49. The summed E-state index contributed by atoms with van der Waals surface area (Å²) in [5, 5.41) is 9.99. The minimum absolute atomic E-state index is 0.0833. The first-order chi connectivity index (χ1) is 9.67. The van der Waals surface area contributed by atoms with E-state index in [0.29, 0.717) is 4.47 Å². The summed E-state index contributed by atoms with van der Waals surface area (Å²) in [5.41, 5.74) is -0.196. The molecule has 0 bridgehead atoms. The second-order valence-electron chi connectivity index (χ2n) is 4.43. The molecule has 0 N–H and O–H groups in total. The molecule has 21 heavy (non-hydrogen) atoms. The quantitative estimate of drug-likeness (QED) is 0.426. The molecule has 0 saturated heterocycles. The first-order valence-corrected chi connectivity index (χ1v) is 8.39. The topological polar surface area (TPSA) is 104 Å². The van der Waals surface area contributed by atoms with Crippen LogP contribution >= 0.6 is 15.9 Å². The van der Waals surface area contributed by atoms with Gasteiger partial charge in [-0.05, 0) is 13.0 Å². The minimum Gasteiger partial charge on any atom is -0.469 e. The number of ether oxygens (including phenoxy) is 1. The van der Waals surface area contributed by atoms with Gasteiger partial charge < -0.3 is 4.74 Å². The summed E-state index contributed by atoms with van der Waals surface area (Å²) in [6.45, 7) is 1.37. The molecular weight excluding hydrogens is 366 g/mol. The number of nitro benzene ring substituents is 1. The van der Waals surface area contributed by atoms with Gasteiger partial charge in [0, 0.05) is 16.1 Å². The normalized spacial score (nSPS) is 12.7. The van der Waals surface area contributed by atoms with E-state index in [9.17, 15) is 23.3 Å². The van der Waals surface area contributed by atoms with Crippen LogP contribution in [0.25, 0.3) is 0 Å². The standard InChI is InChI=1S/C12H14BrNO6S/c1-8(5-12(15)20-2)21(18,19)7-9-3-4-10(13)6-11(9)14(16)17/h3-4,6,8H,5,7H2,1-2H3. The molecule has 0 aliphatic rings. The molecule has 0 aliphatic heterocycles. The van der Waals surface area contributed by atoms with Crippen molar-refractivity contribution in [3.63, 3.8) is 0 Å². The van der Waals surface area contributed by atoms with E-state index >= 15 is 0 Å². The molecule has 116 valence electrons. The van der Waals surface area contributed by atoms with Crippen LogP contribution < -0.4 is 0 Å². The number of halogens is 1. The van der Waals surface area contributed by atoms with Crippen molar-refractivity contribution >= 4 is 37.4 Å². The number of sulfone groups is 1. The first-order valence-electron chi connectivity index (χ1n) is 5.88. The predicted octanol–water partition coefficient (Wildman–Crippen LogP) is 2.22. The van der Waals surface area contributed by atoms with Gasteiger partial charge in [-0.1, -0.05) is 22.0 Å². The molecule has 1 unspecified atom stereocenters. The number of carbonyl (C=O) groups excluding carboxylic acids is 1. The summed E-state index contributed by atoms with van der Waals surface area (Å²) in [6, 6.07) is 4.16. The average Bonchev–Trinajstić information content (AvgIpc) is 2.40. The summed E-state index contributed by atoms with van der Waals surface area (Å²) in [7, 11) is -2.54. The summed E-state index contributed by atoms with van der Waals surface area (Å²) >= 11 is 3.10. The Morgan fingerprint density at radius 3 is 2.62 bits per heavy atom. The predicted molar refractivity (Wildman–Crippen MR) is 79.5 cm³/mol. The molecule has 7 nitrogen and oxygen atoms in total. The smallest absolute Gasteiger partial charge is 0.306 e. The van der Waals surface area contributed by atoms with E-state index in [1.165, 1.54) is 32.2 Å². The van der Waals surface area contributed by atoms with Crippen LogP contribution in [-0.4, -0.2) is 31.7 Å². The Bertz CT molecular complexity index is 658. The van der Waals surface area contributed by atoms with Crippen LogP contribution in [0.15, 0.2) is 22.7 Å². The van der Waals surface area contributed by atoms with Gasteiger partial charge >= 0.3 is 5.97 Å². The average molecular weight is 380 g/mol. The molecule has 0 fully saturated rings. The highest BCUT2D eigenvalue weighted by atomic mass is 79.9. The third kappa shape index (κ3) is 4.78. The van der Waals surface area contributed by atoms with Crippen LogP contribution in [0, 0.1) is 10.1 Å². The minimum atomic E-state index is -3.71. The maximum Gasteiger partial charge on any atom is 0.306 e. The number of benzene rings is 1. The molecule has 9 heteroatoms. The van der Waals surface area contributed by atoms with Gasteiger partial charge in [0.25, 0.3) is 5.69 Å². The Kier molecular flexibility index (Phi) is 5.85. The Hall–Kier alpha value is -1.48. The Morgan fingerprint density at radius 1 is 1.48 bits per heavy atom. The van der Waals surface area contributed by atoms with Gasteiger partial charge in [-0.3, -0.25) is 14.9 Å². The van der Waals surface area contributed by atoms with Crippen molar-refractivity contribution < 1.29 is 22.9 Å². The largest absolute Gasteiger partial charge is 0.469 e. The van der Waals surface area contributed by atoms with Gasteiger partial charge in [0.1, 0.15) is 0 Å². The number of esters is 1. The Morgan fingerprint density at radius 2 is 2.10 bits per heavy atom. The van der Waals surface area contributed by atoms with E-state index in [1.807, 2.05) is 0 Å². The number of hydrogen-bond donors (Lipinski definition) is 0. The molecule has 0 aliphatic carbocycles.